The predicted molar refractivity (Wildman–Crippen MR) is 106 cm³/mol. The Morgan fingerprint density at radius 3 is 2.60 bits per heavy atom. The van der Waals surface area contributed by atoms with Crippen molar-refractivity contribution < 1.29 is 4.42 Å². The van der Waals surface area contributed by atoms with Gasteiger partial charge in [0.1, 0.15) is 11.5 Å². The molecular weight excluding hydrogens is 377 g/mol. The van der Waals surface area contributed by atoms with Crippen molar-refractivity contribution >= 4 is 34.8 Å². The van der Waals surface area contributed by atoms with Gasteiger partial charge in [0.05, 0.1) is 6.54 Å². The van der Waals surface area contributed by atoms with Crippen LogP contribution in [0.2, 0.25) is 15.1 Å². The van der Waals surface area contributed by atoms with E-state index in [4.69, 9.17) is 39.2 Å². The van der Waals surface area contributed by atoms with Crippen molar-refractivity contribution in [2.45, 2.75) is 19.9 Å². The topological polar surface area (TPSA) is 25.2 Å². The molecule has 1 aromatic heterocycles. The van der Waals surface area contributed by atoms with Gasteiger partial charge in [-0.05, 0) is 61.3 Å². The van der Waals surface area contributed by atoms with Gasteiger partial charge in [0.15, 0.2) is 0 Å². The molecule has 0 bridgehead atoms. The molecule has 130 valence electrons. The highest BCUT2D eigenvalue weighted by Crippen LogP contribution is 2.29. The van der Waals surface area contributed by atoms with Crippen molar-refractivity contribution in [3.63, 3.8) is 0 Å². The minimum absolute atomic E-state index is 0.654. The first-order chi connectivity index (χ1) is 12.0. The van der Waals surface area contributed by atoms with Crippen LogP contribution in [0, 0.1) is 6.92 Å². The number of hydrogen-bond donors (Lipinski definition) is 1. The summed E-state index contributed by atoms with van der Waals surface area (Å²) >= 11 is 18.3. The summed E-state index contributed by atoms with van der Waals surface area (Å²) in [7, 11) is 0. The first-order valence-corrected chi connectivity index (χ1v) is 9.17. The third-order valence-electron chi connectivity index (χ3n) is 4.08. The third-order valence-corrected chi connectivity index (χ3v) is 5.08. The Balaban J connectivity index is 1.56. The minimum atomic E-state index is 0.654. The predicted octanol–water partition coefficient (Wildman–Crippen LogP) is 6.55. The summed E-state index contributed by atoms with van der Waals surface area (Å²) in [6.07, 6.45) is 0.830. The average molecular weight is 395 g/mol. The lowest BCUT2D eigenvalue weighted by Gasteiger charge is -2.06. The second-order valence-corrected chi connectivity index (χ2v) is 7.09. The van der Waals surface area contributed by atoms with Crippen LogP contribution in [0.5, 0.6) is 0 Å². The molecule has 0 spiro atoms. The highest BCUT2D eigenvalue weighted by Gasteiger charge is 2.09. The molecule has 3 rings (SSSR count). The fraction of sp³-hybridized carbons (Fsp3) is 0.200. The number of nitrogens with one attached hydrogen (secondary N) is 1. The number of benzene rings is 2. The first-order valence-electron chi connectivity index (χ1n) is 8.03. The highest BCUT2D eigenvalue weighted by molar-refractivity contribution is 6.35. The Hall–Kier alpha value is -1.45. The molecule has 2 nitrogen and oxygen atoms in total. The van der Waals surface area contributed by atoms with Gasteiger partial charge in [-0.25, -0.2) is 0 Å². The van der Waals surface area contributed by atoms with E-state index in [0.717, 1.165) is 46.2 Å². The molecule has 0 amide bonds. The van der Waals surface area contributed by atoms with E-state index in [9.17, 15) is 0 Å². The lowest BCUT2D eigenvalue weighted by atomic mass is 10.1. The molecule has 1 heterocycles. The molecule has 0 fully saturated rings. The van der Waals surface area contributed by atoms with Crippen molar-refractivity contribution in [1.29, 1.82) is 0 Å². The summed E-state index contributed by atoms with van der Waals surface area (Å²) in [4.78, 5) is 0. The van der Waals surface area contributed by atoms with Gasteiger partial charge in [-0.15, -0.1) is 0 Å². The van der Waals surface area contributed by atoms with Crippen LogP contribution in [-0.2, 0) is 13.0 Å². The Morgan fingerprint density at radius 2 is 1.80 bits per heavy atom. The van der Waals surface area contributed by atoms with E-state index in [1.807, 2.05) is 49.4 Å². The first kappa shape index (κ1) is 18.3. The molecule has 0 aliphatic carbocycles. The fourth-order valence-corrected chi connectivity index (χ4v) is 3.33. The Bertz CT molecular complexity index is 873. The molecule has 1 N–H and O–H groups in total. The minimum Gasteiger partial charge on any atom is -0.460 e. The summed E-state index contributed by atoms with van der Waals surface area (Å²) in [6, 6.07) is 15.4. The van der Waals surface area contributed by atoms with E-state index < -0.39 is 0 Å². The number of rotatable bonds is 6. The molecule has 0 aliphatic rings. The fourth-order valence-electron chi connectivity index (χ4n) is 2.65. The van der Waals surface area contributed by atoms with Crippen LogP contribution in [0.25, 0.3) is 11.3 Å². The molecule has 25 heavy (non-hydrogen) atoms. The van der Waals surface area contributed by atoms with E-state index in [0.29, 0.717) is 16.6 Å². The van der Waals surface area contributed by atoms with Gasteiger partial charge < -0.3 is 9.73 Å². The number of halogens is 3. The second kappa shape index (κ2) is 8.29. The summed E-state index contributed by atoms with van der Waals surface area (Å²) < 4.78 is 5.93. The van der Waals surface area contributed by atoms with Gasteiger partial charge in [-0.3, -0.25) is 0 Å². The number of furan rings is 1. The quantitative estimate of drug-likeness (QED) is 0.480. The molecule has 0 atom stereocenters. The maximum atomic E-state index is 6.18. The van der Waals surface area contributed by atoms with Crippen molar-refractivity contribution in [3.05, 3.63) is 80.5 Å². The maximum absolute atomic E-state index is 6.18. The largest absolute Gasteiger partial charge is 0.460 e. The SMILES string of the molecule is Cc1c(Cl)cccc1-c1ccc(CNCCc2ccc(Cl)cc2Cl)o1. The lowest BCUT2D eigenvalue weighted by Crippen LogP contribution is -2.16. The van der Waals surface area contributed by atoms with Crippen LogP contribution in [0.4, 0.5) is 0 Å². The Kier molecular flexibility index (Phi) is 6.08. The number of hydrogen-bond acceptors (Lipinski definition) is 2. The molecular formula is C20H18Cl3NO. The normalized spacial score (nSPS) is 11.0. The van der Waals surface area contributed by atoms with Crippen LogP contribution in [-0.4, -0.2) is 6.54 Å². The molecule has 2 aromatic carbocycles. The van der Waals surface area contributed by atoms with Gasteiger partial charge in [0.25, 0.3) is 0 Å². The summed E-state index contributed by atoms with van der Waals surface area (Å²) in [5.41, 5.74) is 3.12. The van der Waals surface area contributed by atoms with Gasteiger partial charge in [-0.1, -0.05) is 53.0 Å². The molecule has 5 heteroatoms. The zero-order valence-corrected chi connectivity index (χ0v) is 16.1. The van der Waals surface area contributed by atoms with Gasteiger partial charge >= 0.3 is 0 Å². The summed E-state index contributed by atoms with van der Waals surface area (Å²) in [5, 5.41) is 5.47. The van der Waals surface area contributed by atoms with E-state index in [1.165, 1.54) is 0 Å². The smallest absolute Gasteiger partial charge is 0.134 e. The third kappa shape index (κ3) is 4.59. The van der Waals surface area contributed by atoms with E-state index >= 15 is 0 Å². The molecule has 0 saturated carbocycles. The van der Waals surface area contributed by atoms with Crippen LogP contribution in [0.15, 0.2) is 52.9 Å². The van der Waals surface area contributed by atoms with Crippen molar-refractivity contribution in [2.24, 2.45) is 0 Å². The van der Waals surface area contributed by atoms with Crippen LogP contribution >= 0.6 is 34.8 Å². The lowest BCUT2D eigenvalue weighted by molar-refractivity contribution is 0.494. The van der Waals surface area contributed by atoms with E-state index in [2.05, 4.69) is 5.32 Å². The van der Waals surface area contributed by atoms with Gasteiger partial charge in [-0.2, -0.15) is 0 Å². The monoisotopic (exact) mass is 393 g/mol. The Morgan fingerprint density at radius 1 is 0.960 bits per heavy atom. The second-order valence-electron chi connectivity index (χ2n) is 5.84. The van der Waals surface area contributed by atoms with Gasteiger partial charge in [0.2, 0.25) is 0 Å². The Labute approximate surface area is 162 Å². The maximum Gasteiger partial charge on any atom is 0.134 e. The van der Waals surface area contributed by atoms with Crippen LogP contribution in [0.1, 0.15) is 16.9 Å². The summed E-state index contributed by atoms with van der Waals surface area (Å²) in [5.74, 6) is 1.72. The standard InChI is InChI=1S/C20H18Cl3NO/c1-13-17(3-2-4-18(13)22)20-8-7-16(25-20)12-24-10-9-14-5-6-15(21)11-19(14)23/h2-8,11,24H,9-10,12H2,1H3. The van der Waals surface area contributed by atoms with E-state index in [-0.39, 0.29) is 0 Å². The van der Waals surface area contributed by atoms with Crippen molar-refractivity contribution in [2.75, 3.05) is 6.54 Å². The summed E-state index contributed by atoms with van der Waals surface area (Å²) in [6.45, 7) is 3.45. The average Bonchev–Trinajstić information content (AvgIpc) is 3.04. The van der Waals surface area contributed by atoms with Crippen LogP contribution in [0.3, 0.4) is 0 Å². The van der Waals surface area contributed by atoms with Crippen molar-refractivity contribution in [3.8, 4) is 11.3 Å². The zero-order chi connectivity index (χ0) is 17.8. The zero-order valence-electron chi connectivity index (χ0n) is 13.8. The molecule has 0 unspecified atom stereocenters. The van der Waals surface area contributed by atoms with Crippen molar-refractivity contribution in [1.82, 2.24) is 5.32 Å². The van der Waals surface area contributed by atoms with E-state index in [1.54, 1.807) is 6.07 Å². The highest BCUT2D eigenvalue weighted by atomic mass is 35.5. The molecule has 0 aliphatic heterocycles. The van der Waals surface area contributed by atoms with Gasteiger partial charge in [0, 0.05) is 20.6 Å². The van der Waals surface area contributed by atoms with Crippen LogP contribution < -0.4 is 5.32 Å². The molecule has 0 saturated heterocycles. The molecule has 0 radical (unpaired) electrons. The molecule has 3 aromatic rings.